The molecule has 0 fully saturated rings. The van der Waals surface area contributed by atoms with Crippen LogP contribution in [0.2, 0.25) is 0 Å². The van der Waals surface area contributed by atoms with E-state index in [0.29, 0.717) is 12.0 Å². The van der Waals surface area contributed by atoms with Crippen molar-refractivity contribution in [2.45, 2.75) is 19.2 Å². The van der Waals surface area contributed by atoms with Crippen molar-refractivity contribution in [1.29, 1.82) is 0 Å². The van der Waals surface area contributed by atoms with E-state index in [0.717, 1.165) is 6.42 Å². The molecule has 0 aromatic carbocycles. The van der Waals surface area contributed by atoms with Crippen molar-refractivity contribution in [3.8, 4) is 0 Å². The first-order valence-electron chi connectivity index (χ1n) is 3.88. The third-order valence-electron chi connectivity index (χ3n) is 1.65. The zero-order valence-electron chi connectivity index (χ0n) is 6.90. The van der Waals surface area contributed by atoms with Gasteiger partial charge in [0.05, 0.1) is 0 Å². The second-order valence-electron chi connectivity index (χ2n) is 2.63. The topological polar surface area (TPSA) is 35.2 Å². The Balaban J connectivity index is 2.68. The molecule has 5 heteroatoms. The van der Waals surface area contributed by atoms with Gasteiger partial charge in [-0.2, -0.15) is 0 Å². The second-order valence-corrected chi connectivity index (χ2v) is 2.63. The number of hydrogen-bond donors (Lipinski definition) is 1. The molecule has 0 unspecified atom stereocenters. The minimum absolute atomic E-state index is 0.0713. The van der Waals surface area contributed by atoms with Crippen LogP contribution in [0.25, 0.3) is 0 Å². The third kappa shape index (κ3) is 3.10. The van der Waals surface area contributed by atoms with Crippen LogP contribution in [-0.4, -0.2) is 12.9 Å². The SMILES string of the molecule is NCC1=CCCC=C1OC(F)(F)F. The van der Waals surface area contributed by atoms with E-state index >= 15 is 0 Å². The molecule has 0 aromatic heterocycles. The number of nitrogens with two attached hydrogens (primary N) is 1. The van der Waals surface area contributed by atoms with Gasteiger partial charge < -0.3 is 10.5 Å². The first kappa shape index (κ1) is 10.1. The van der Waals surface area contributed by atoms with Gasteiger partial charge in [0.15, 0.2) is 0 Å². The van der Waals surface area contributed by atoms with E-state index in [9.17, 15) is 13.2 Å². The maximum absolute atomic E-state index is 11.8. The Hall–Kier alpha value is -0.970. The van der Waals surface area contributed by atoms with Crippen molar-refractivity contribution in [2.75, 3.05) is 6.54 Å². The van der Waals surface area contributed by atoms with Crippen LogP contribution in [0.3, 0.4) is 0 Å². The van der Waals surface area contributed by atoms with Crippen molar-refractivity contribution < 1.29 is 17.9 Å². The van der Waals surface area contributed by atoms with Gasteiger partial charge in [-0.15, -0.1) is 13.2 Å². The largest absolute Gasteiger partial charge is 0.573 e. The van der Waals surface area contributed by atoms with E-state index in [1.807, 2.05) is 0 Å². The van der Waals surface area contributed by atoms with E-state index in [4.69, 9.17) is 5.73 Å². The van der Waals surface area contributed by atoms with Gasteiger partial charge in [0.1, 0.15) is 5.76 Å². The van der Waals surface area contributed by atoms with Crippen LogP contribution in [0.1, 0.15) is 12.8 Å². The number of rotatable bonds is 2. The average molecular weight is 193 g/mol. The molecule has 0 atom stereocenters. The van der Waals surface area contributed by atoms with Gasteiger partial charge in [0.25, 0.3) is 0 Å². The Bertz CT molecular complexity index is 242. The summed E-state index contributed by atoms with van der Waals surface area (Å²) in [6, 6.07) is 0. The number of allylic oxidation sites excluding steroid dienone is 2. The maximum Gasteiger partial charge on any atom is 0.573 e. The summed E-state index contributed by atoms with van der Waals surface area (Å²) in [6.45, 7) is 0.0713. The molecular formula is C8H10F3NO. The van der Waals surface area contributed by atoms with Crippen LogP contribution in [0, 0.1) is 0 Å². The van der Waals surface area contributed by atoms with Gasteiger partial charge in [-0.1, -0.05) is 6.08 Å². The van der Waals surface area contributed by atoms with Crippen LogP contribution in [0.15, 0.2) is 23.5 Å². The lowest BCUT2D eigenvalue weighted by molar-refractivity contribution is -0.304. The van der Waals surface area contributed by atoms with Crippen LogP contribution >= 0.6 is 0 Å². The highest BCUT2D eigenvalue weighted by Gasteiger charge is 2.33. The minimum atomic E-state index is -4.63. The Morgan fingerprint density at radius 1 is 1.31 bits per heavy atom. The summed E-state index contributed by atoms with van der Waals surface area (Å²) >= 11 is 0. The molecule has 0 aromatic rings. The predicted octanol–water partition coefficient (Wildman–Crippen LogP) is 2.09. The number of halogens is 3. The van der Waals surface area contributed by atoms with E-state index in [1.165, 1.54) is 6.08 Å². The molecule has 13 heavy (non-hydrogen) atoms. The smallest absolute Gasteiger partial charge is 0.406 e. The summed E-state index contributed by atoms with van der Waals surface area (Å²) < 4.78 is 39.3. The molecule has 1 aliphatic carbocycles. The zero-order chi connectivity index (χ0) is 9.90. The molecule has 0 saturated heterocycles. The Morgan fingerprint density at radius 3 is 2.46 bits per heavy atom. The van der Waals surface area contributed by atoms with E-state index in [-0.39, 0.29) is 12.3 Å². The number of hydrogen-bond acceptors (Lipinski definition) is 2. The minimum Gasteiger partial charge on any atom is -0.406 e. The molecule has 2 nitrogen and oxygen atoms in total. The van der Waals surface area contributed by atoms with Crippen molar-refractivity contribution in [1.82, 2.24) is 0 Å². The molecule has 1 rings (SSSR count). The zero-order valence-corrected chi connectivity index (χ0v) is 6.90. The molecule has 1 aliphatic rings. The van der Waals surface area contributed by atoms with Gasteiger partial charge in [-0.3, -0.25) is 0 Å². The van der Waals surface area contributed by atoms with Gasteiger partial charge in [0.2, 0.25) is 0 Å². The molecule has 0 bridgehead atoms. The van der Waals surface area contributed by atoms with Gasteiger partial charge >= 0.3 is 6.36 Å². The highest BCUT2D eigenvalue weighted by molar-refractivity contribution is 5.29. The molecule has 0 radical (unpaired) electrons. The van der Waals surface area contributed by atoms with Gasteiger partial charge in [-0.25, -0.2) is 0 Å². The highest BCUT2D eigenvalue weighted by Crippen LogP contribution is 2.27. The molecule has 0 spiro atoms. The highest BCUT2D eigenvalue weighted by atomic mass is 19.4. The first-order chi connectivity index (χ1) is 6.03. The standard InChI is InChI=1S/C8H10F3NO/c9-8(10,11)13-7-4-2-1-3-6(7)5-12/h3-4H,1-2,5,12H2. The molecule has 74 valence electrons. The molecule has 0 amide bonds. The Kier molecular flexibility index (Phi) is 2.98. The monoisotopic (exact) mass is 193 g/mol. The van der Waals surface area contributed by atoms with Gasteiger partial charge in [-0.05, 0) is 18.9 Å². The fraction of sp³-hybridized carbons (Fsp3) is 0.500. The summed E-state index contributed by atoms with van der Waals surface area (Å²) in [7, 11) is 0. The maximum atomic E-state index is 11.8. The average Bonchev–Trinajstić information content (AvgIpc) is 2.02. The van der Waals surface area contributed by atoms with E-state index < -0.39 is 6.36 Å². The summed E-state index contributed by atoms with van der Waals surface area (Å²) in [5, 5.41) is 0. The van der Waals surface area contributed by atoms with Crippen LogP contribution in [0.4, 0.5) is 13.2 Å². The van der Waals surface area contributed by atoms with Crippen molar-refractivity contribution in [3.05, 3.63) is 23.5 Å². The van der Waals surface area contributed by atoms with Gasteiger partial charge in [0, 0.05) is 12.1 Å². The fourth-order valence-corrected chi connectivity index (χ4v) is 1.12. The molecule has 2 N–H and O–H groups in total. The van der Waals surface area contributed by atoms with Crippen LogP contribution in [0.5, 0.6) is 0 Å². The summed E-state index contributed by atoms with van der Waals surface area (Å²) in [5.74, 6) is -0.152. The Labute approximate surface area is 73.9 Å². The lowest BCUT2D eigenvalue weighted by Crippen LogP contribution is -2.18. The molecular weight excluding hydrogens is 183 g/mol. The van der Waals surface area contributed by atoms with Crippen molar-refractivity contribution >= 4 is 0 Å². The summed E-state index contributed by atoms with van der Waals surface area (Å²) in [5.41, 5.74) is 5.68. The fourth-order valence-electron chi connectivity index (χ4n) is 1.12. The Morgan fingerprint density at radius 2 is 1.92 bits per heavy atom. The quantitative estimate of drug-likeness (QED) is 0.728. The van der Waals surface area contributed by atoms with Crippen molar-refractivity contribution in [2.24, 2.45) is 5.73 Å². The second kappa shape index (κ2) is 3.83. The summed E-state index contributed by atoms with van der Waals surface area (Å²) in [6.07, 6.45) is -0.264. The lowest BCUT2D eigenvalue weighted by Gasteiger charge is -2.17. The predicted molar refractivity (Wildman–Crippen MR) is 41.6 cm³/mol. The first-order valence-corrected chi connectivity index (χ1v) is 3.88. The normalized spacial score (nSPS) is 17.8. The lowest BCUT2D eigenvalue weighted by atomic mass is 10.1. The molecule has 0 aliphatic heterocycles. The number of alkyl halides is 3. The number of ether oxygens (including phenoxy) is 1. The summed E-state index contributed by atoms with van der Waals surface area (Å²) in [4.78, 5) is 0. The van der Waals surface area contributed by atoms with Crippen LogP contribution < -0.4 is 5.73 Å². The molecule has 0 heterocycles. The van der Waals surface area contributed by atoms with Crippen molar-refractivity contribution in [3.63, 3.8) is 0 Å². The van der Waals surface area contributed by atoms with E-state index in [1.54, 1.807) is 6.08 Å². The third-order valence-corrected chi connectivity index (χ3v) is 1.65. The van der Waals surface area contributed by atoms with E-state index in [2.05, 4.69) is 4.74 Å². The van der Waals surface area contributed by atoms with Crippen LogP contribution in [-0.2, 0) is 4.74 Å². The molecule has 0 saturated carbocycles.